The Kier molecular flexibility index (Phi) is 6.62. The molecule has 92 valence electrons. The Morgan fingerprint density at radius 1 is 1.38 bits per heavy atom. The summed E-state index contributed by atoms with van der Waals surface area (Å²) in [6, 6.07) is 2.88. The van der Waals surface area contributed by atoms with Gasteiger partial charge >= 0.3 is 0 Å². The van der Waals surface area contributed by atoms with Crippen LogP contribution in [0, 0.1) is 5.92 Å². The van der Waals surface area contributed by atoms with Crippen molar-refractivity contribution < 1.29 is 0 Å². The first kappa shape index (κ1) is 14.2. The number of nitrogens with one attached hydrogen (secondary N) is 1. The van der Waals surface area contributed by atoms with Crippen LogP contribution in [0.2, 0.25) is 0 Å². The molecule has 1 aromatic heterocycles. The van der Waals surface area contributed by atoms with Gasteiger partial charge < -0.3 is 5.32 Å². The van der Waals surface area contributed by atoms with Crippen molar-refractivity contribution in [3.05, 3.63) is 20.8 Å². The minimum Gasteiger partial charge on any atom is -0.314 e. The van der Waals surface area contributed by atoms with E-state index in [1.807, 2.05) is 11.3 Å². The number of hydrogen-bond donors (Lipinski definition) is 1. The number of halogens is 1. The lowest BCUT2D eigenvalue weighted by molar-refractivity contribution is 0.436. The average molecular weight is 304 g/mol. The molecule has 0 aliphatic rings. The van der Waals surface area contributed by atoms with Gasteiger partial charge in [-0.3, -0.25) is 0 Å². The van der Waals surface area contributed by atoms with Gasteiger partial charge in [0, 0.05) is 20.8 Å². The lowest BCUT2D eigenvalue weighted by Crippen LogP contribution is -2.31. The second-order valence-corrected chi connectivity index (χ2v) is 6.57. The molecule has 1 aromatic rings. The average Bonchev–Trinajstić information content (AvgIpc) is 2.61. The summed E-state index contributed by atoms with van der Waals surface area (Å²) in [4.78, 5) is 1.47. The SMILES string of the molecule is CCNC(CCC(C)C)Cc1cc(Br)cs1. The van der Waals surface area contributed by atoms with E-state index in [-0.39, 0.29) is 0 Å². The predicted molar refractivity (Wildman–Crippen MR) is 77.3 cm³/mol. The molecule has 0 aliphatic carbocycles. The van der Waals surface area contributed by atoms with Crippen molar-refractivity contribution in [1.29, 1.82) is 0 Å². The molecule has 0 bridgehead atoms. The third kappa shape index (κ3) is 5.46. The van der Waals surface area contributed by atoms with Crippen LogP contribution in [0.3, 0.4) is 0 Å². The maximum atomic E-state index is 3.59. The van der Waals surface area contributed by atoms with Crippen LogP contribution in [-0.2, 0) is 6.42 Å². The summed E-state index contributed by atoms with van der Waals surface area (Å²) >= 11 is 5.36. The van der Waals surface area contributed by atoms with E-state index in [2.05, 4.69) is 53.5 Å². The summed E-state index contributed by atoms with van der Waals surface area (Å²) in [7, 11) is 0. The Labute approximate surface area is 112 Å². The molecular weight excluding hydrogens is 282 g/mol. The van der Waals surface area contributed by atoms with Gasteiger partial charge in [-0.15, -0.1) is 11.3 Å². The molecule has 0 aromatic carbocycles. The fourth-order valence-electron chi connectivity index (χ4n) is 1.80. The summed E-state index contributed by atoms with van der Waals surface area (Å²) in [5, 5.41) is 5.75. The van der Waals surface area contributed by atoms with Crippen molar-refractivity contribution in [3.63, 3.8) is 0 Å². The third-order valence-electron chi connectivity index (χ3n) is 2.65. The van der Waals surface area contributed by atoms with E-state index in [9.17, 15) is 0 Å². The van der Waals surface area contributed by atoms with Gasteiger partial charge in [0.15, 0.2) is 0 Å². The number of rotatable bonds is 7. The van der Waals surface area contributed by atoms with Gasteiger partial charge in [0.05, 0.1) is 0 Å². The van der Waals surface area contributed by atoms with Crippen LogP contribution in [0.15, 0.2) is 15.9 Å². The van der Waals surface area contributed by atoms with E-state index in [1.54, 1.807) is 0 Å². The van der Waals surface area contributed by atoms with Crippen LogP contribution in [0.25, 0.3) is 0 Å². The molecule has 1 rings (SSSR count). The lowest BCUT2D eigenvalue weighted by atomic mass is 10.0. The van der Waals surface area contributed by atoms with Crippen LogP contribution in [-0.4, -0.2) is 12.6 Å². The van der Waals surface area contributed by atoms with Crippen LogP contribution < -0.4 is 5.32 Å². The second kappa shape index (κ2) is 7.46. The largest absolute Gasteiger partial charge is 0.314 e. The topological polar surface area (TPSA) is 12.0 Å². The molecular formula is C13H22BrNS. The van der Waals surface area contributed by atoms with Crippen molar-refractivity contribution in [2.75, 3.05) is 6.54 Å². The summed E-state index contributed by atoms with van der Waals surface area (Å²) in [5.41, 5.74) is 0. The van der Waals surface area contributed by atoms with E-state index in [1.165, 1.54) is 22.2 Å². The fourth-order valence-corrected chi connectivity index (χ4v) is 3.34. The maximum Gasteiger partial charge on any atom is 0.0285 e. The van der Waals surface area contributed by atoms with Crippen molar-refractivity contribution in [2.45, 2.75) is 46.1 Å². The summed E-state index contributed by atoms with van der Waals surface area (Å²) in [6.45, 7) is 7.84. The molecule has 1 unspecified atom stereocenters. The van der Waals surface area contributed by atoms with Gasteiger partial charge in [-0.05, 0) is 53.7 Å². The number of thiophene rings is 1. The van der Waals surface area contributed by atoms with E-state index in [0.29, 0.717) is 6.04 Å². The van der Waals surface area contributed by atoms with Gasteiger partial charge in [0.25, 0.3) is 0 Å². The van der Waals surface area contributed by atoms with Crippen molar-refractivity contribution in [2.24, 2.45) is 5.92 Å². The summed E-state index contributed by atoms with van der Waals surface area (Å²) < 4.78 is 1.21. The molecule has 1 nitrogen and oxygen atoms in total. The van der Waals surface area contributed by atoms with E-state index < -0.39 is 0 Å². The van der Waals surface area contributed by atoms with Crippen LogP contribution >= 0.6 is 27.3 Å². The zero-order valence-electron chi connectivity index (χ0n) is 10.4. The first-order valence-corrected chi connectivity index (χ1v) is 7.75. The summed E-state index contributed by atoms with van der Waals surface area (Å²) in [6.07, 6.45) is 3.75. The highest BCUT2D eigenvalue weighted by Crippen LogP contribution is 2.22. The third-order valence-corrected chi connectivity index (χ3v) is 4.37. The molecule has 0 fully saturated rings. The van der Waals surface area contributed by atoms with E-state index in [0.717, 1.165) is 18.9 Å². The molecule has 1 N–H and O–H groups in total. The first-order valence-electron chi connectivity index (χ1n) is 6.08. The zero-order valence-corrected chi connectivity index (χ0v) is 12.8. The number of likely N-dealkylation sites (N-methyl/N-ethyl adjacent to an activating group) is 1. The molecule has 0 spiro atoms. The standard InChI is InChI=1S/C13H22BrNS/c1-4-15-12(6-5-10(2)3)8-13-7-11(14)9-16-13/h7,9-10,12,15H,4-6,8H2,1-3H3. The molecule has 0 aliphatic heterocycles. The predicted octanol–water partition coefficient (Wildman–Crippen LogP) is 4.47. The second-order valence-electron chi connectivity index (χ2n) is 4.66. The minimum absolute atomic E-state index is 0.637. The molecule has 1 atom stereocenters. The van der Waals surface area contributed by atoms with E-state index in [4.69, 9.17) is 0 Å². The fraction of sp³-hybridized carbons (Fsp3) is 0.692. The van der Waals surface area contributed by atoms with Crippen molar-refractivity contribution in [3.8, 4) is 0 Å². The lowest BCUT2D eigenvalue weighted by Gasteiger charge is -2.18. The molecule has 3 heteroatoms. The monoisotopic (exact) mass is 303 g/mol. The van der Waals surface area contributed by atoms with Crippen LogP contribution in [0.5, 0.6) is 0 Å². The van der Waals surface area contributed by atoms with Crippen LogP contribution in [0.1, 0.15) is 38.5 Å². The van der Waals surface area contributed by atoms with Crippen molar-refractivity contribution in [1.82, 2.24) is 5.32 Å². The highest BCUT2D eigenvalue weighted by Gasteiger charge is 2.10. The van der Waals surface area contributed by atoms with Gasteiger partial charge in [-0.2, -0.15) is 0 Å². The Balaban J connectivity index is 2.43. The Morgan fingerprint density at radius 2 is 2.12 bits per heavy atom. The summed E-state index contributed by atoms with van der Waals surface area (Å²) in [5.74, 6) is 0.802. The van der Waals surface area contributed by atoms with Crippen molar-refractivity contribution >= 4 is 27.3 Å². The van der Waals surface area contributed by atoms with Gasteiger partial charge in [0.2, 0.25) is 0 Å². The smallest absolute Gasteiger partial charge is 0.0285 e. The molecule has 0 saturated heterocycles. The van der Waals surface area contributed by atoms with Crippen LogP contribution in [0.4, 0.5) is 0 Å². The van der Waals surface area contributed by atoms with Gasteiger partial charge in [-0.1, -0.05) is 20.8 Å². The molecule has 0 amide bonds. The Hall–Kier alpha value is 0.140. The maximum absolute atomic E-state index is 3.59. The molecule has 0 radical (unpaired) electrons. The highest BCUT2D eigenvalue weighted by atomic mass is 79.9. The van der Waals surface area contributed by atoms with Gasteiger partial charge in [-0.25, -0.2) is 0 Å². The quantitative estimate of drug-likeness (QED) is 0.784. The zero-order chi connectivity index (χ0) is 12.0. The molecule has 16 heavy (non-hydrogen) atoms. The number of hydrogen-bond acceptors (Lipinski definition) is 2. The highest BCUT2D eigenvalue weighted by molar-refractivity contribution is 9.10. The minimum atomic E-state index is 0.637. The van der Waals surface area contributed by atoms with E-state index >= 15 is 0 Å². The molecule has 0 saturated carbocycles. The Morgan fingerprint density at radius 3 is 2.62 bits per heavy atom. The first-order chi connectivity index (χ1) is 7.61. The normalized spacial score (nSPS) is 13.3. The Bertz CT molecular complexity index is 296. The van der Waals surface area contributed by atoms with Gasteiger partial charge in [0.1, 0.15) is 0 Å². The molecule has 1 heterocycles.